The lowest BCUT2D eigenvalue weighted by Gasteiger charge is -2.29. The van der Waals surface area contributed by atoms with Crippen LogP contribution in [0.5, 0.6) is 5.75 Å². The van der Waals surface area contributed by atoms with Gasteiger partial charge < -0.3 is 15.0 Å². The summed E-state index contributed by atoms with van der Waals surface area (Å²) >= 11 is 0. The van der Waals surface area contributed by atoms with Gasteiger partial charge in [0.05, 0.1) is 6.61 Å². The molecule has 2 aliphatic rings. The van der Waals surface area contributed by atoms with E-state index in [9.17, 15) is 0 Å². The molecule has 0 atom stereocenters. The van der Waals surface area contributed by atoms with Gasteiger partial charge in [-0.05, 0) is 69.1 Å². The van der Waals surface area contributed by atoms with Crippen molar-refractivity contribution in [3.63, 3.8) is 0 Å². The van der Waals surface area contributed by atoms with Crippen LogP contribution in [0.1, 0.15) is 24.0 Å². The van der Waals surface area contributed by atoms with Gasteiger partial charge in [0, 0.05) is 6.54 Å². The monoisotopic (exact) mass is 260 g/mol. The second-order valence-corrected chi connectivity index (χ2v) is 5.88. The predicted octanol–water partition coefficient (Wildman–Crippen LogP) is 2.05. The molecule has 0 amide bonds. The largest absolute Gasteiger partial charge is 0.493 e. The maximum atomic E-state index is 6.13. The third kappa shape index (κ3) is 3.10. The van der Waals surface area contributed by atoms with Gasteiger partial charge in [-0.3, -0.25) is 0 Å². The van der Waals surface area contributed by atoms with Crippen molar-refractivity contribution < 1.29 is 4.74 Å². The minimum Gasteiger partial charge on any atom is -0.493 e. The van der Waals surface area contributed by atoms with Crippen molar-refractivity contribution in [2.24, 2.45) is 5.92 Å². The van der Waals surface area contributed by atoms with Crippen LogP contribution >= 0.6 is 0 Å². The van der Waals surface area contributed by atoms with E-state index in [1.807, 2.05) is 0 Å². The highest BCUT2D eigenvalue weighted by molar-refractivity contribution is 5.41. The molecule has 3 heteroatoms. The number of fused-ring (bicyclic) bond motifs is 1. The molecule has 0 radical (unpaired) electrons. The first-order valence-corrected chi connectivity index (χ1v) is 7.46. The van der Waals surface area contributed by atoms with E-state index in [-0.39, 0.29) is 0 Å². The van der Waals surface area contributed by atoms with E-state index >= 15 is 0 Å². The van der Waals surface area contributed by atoms with Crippen LogP contribution in [-0.2, 0) is 13.0 Å². The number of ether oxygens (including phenoxy) is 1. The normalized spacial score (nSPS) is 21.1. The lowest BCUT2D eigenvalue weighted by Crippen LogP contribution is -2.32. The zero-order chi connectivity index (χ0) is 13.1. The number of nitrogens with zero attached hydrogens (tertiary/aromatic N) is 1. The van der Waals surface area contributed by atoms with E-state index in [2.05, 4.69) is 35.5 Å². The fourth-order valence-corrected chi connectivity index (χ4v) is 3.07. The molecule has 2 heterocycles. The van der Waals surface area contributed by atoms with E-state index in [0.29, 0.717) is 0 Å². The third-order valence-corrected chi connectivity index (χ3v) is 4.41. The molecule has 3 nitrogen and oxygen atoms in total. The average molecular weight is 260 g/mol. The Balaban J connectivity index is 1.61. The van der Waals surface area contributed by atoms with Crippen LogP contribution in [-0.4, -0.2) is 38.2 Å². The van der Waals surface area contributed by atoms with Gasteiger partial charge in [0.1, 0.15) is 5.75 Å². The van der Waals surface area contributed by atoms with Gasteiger partial charge in [0.25, 0.3) is 0 Å². The molecule has 19 heavy (non-hydrogen) atoms. The van der Waals surface area contributed by atoms with Gasteiger partial charge in [0.15, 0.2) is 0 Å². The third-order valence-electron chi connectivity index (χ3n) is 4.41. The maximum absolute atomic E-state index is 6.13. The minimum absolute atomic E-state index is 0.730. The quantitative estimate of drug-likeness (QED) is 0.900. The number of hydrogen-bond acceptors (Lipinski definition) is 3. The van der Waals surface area contributed by atoms with Gasteiger partial charge in [-0.15, -0.1) is 0 Å². The molecule has 0 aliphatic carbocycles. The van der Waals surface area contributed by atoms with E-state index in [1.54, 1.807) is 0 Å². The fraction of sp³-hybridized carbons (Fsp3) is 0.625. The smallest absolute Gasteiger partial charge is 0.122 e. The summed E-state index contributed by atoms with van der Waals surface area (Å²) in [6, 6.07) is 6.47. The van der Waals surface area contributed by atoms with Crippen molar-refractivity contribution in [2.75, 3.05) is 33.3 Å². The highest BCUT2D eigenvalue weighted by Crippen LogP contribution is 2.26. The molecule has 0 spiro atoms. The molecule has 0 saturated carbocycles. The highest BCUT2D eigenvalue weighted by Gasteiger charge is 2.19. The Morgan fingerprint density at radius 2 is 2.16 bits per heavy atom. The van der Waals surface area contributed by atoms with Crippen LogP contribution in [0.2, 0.25) is 0 Å². The molecule has 2 aliphatic heterocycles. The first-order chi connectivity index (χ1) is 9.33. The number of piperidine rings is 1. The molecule has 104 valence electrons. The number of nitrogens with one attached hydrogen (secondary N) is 1. The summed E-state index contributed by atoms with van der Waals surface area (Å²) in [4.78, 5) is 2.41. The van der Waals surface area contributed by atoms with Crippen molar-refractivity contribution in [1.29, 1.82) is 0 Å². The van der Waals surface area contributed by atoms with Crippen molar-refractivity contribution in [2.45, 2.75) is 25.8 Å². The van der Waals surface area contributed by atoms with Crippen molar-refractivity contribution >= 4 is 0 Å². The van der Waals surface area contributed by atoms with Crippen LogP contribution in [0.3, 0.4) is 0 Å². The standard InChI is InChI=1S/C16H24N2O/c1-18-9-6-13(7-10-18)12-19-16-4-2-3-14-11-17-8-5-15(14)16/h2-4,13,17H,5-12H2,1H3. The number of benzene rings is 1. The molecule has 0 unspecified atom stereocenters. The lowest BCUT2D eigenvalue weighted by atomic mass is 9.97. The molecule has 1 aromatic carbocycles. The average Bonchev–Trinajstić information content (AvgIpc) is 2.47. The Labute approximate surface area is 115 Å². The SMILES string of the molecule is CN1CCC(COc2cccc3c2CCNC3)CC1. The van der Waals surface area contributed by atoms with Crippen molar-refractivity contribution in [1.82, 2.24) is 10.2 Å². The lowest BCUT2D eigenvalue weighted by molar-refractivity contribution is 0.159. The highest BCUT2D eigenvalue weighted by atomic mass is 16.5. The van der Waals surface area contributed by atoms with Gasteiger partial charge >= 0.3 is 0 Å². The second-order valence-electron chi connectivity index (χ2n) is 5.88. The first kappa shape index (κ1) is 12.9. The van der Waals surface area contributed by atoms with Gasteiger partial charge in [-0.2, -0.15) is 0 Å². The Bertz CT molecular complexity index is 425. The zero-order valence-corrected chi connectivity index (χ0v) is 11.8. The molecule has 1 fully saturated rings. The van der Waals surface area contributed by atoms with Crippen LogP contribution in [0.25, 0.3) is 0 Å². The summed E-state index contributed by atoms with van der Waals surface area (Å²) < 4.78 is 6.13. The Kier molecular flexibility index (Phi) is 4.04. The van der Waals surface area contributed by atoms with Crippen molar-refractivity contribution in [3.8, 4) is 5.75 Å². The molecular weight excluding hydrogens is 236 g/mol. The summed E-state index contributed by atoms with van der Waals surface area (Å²) in [5.74, 6) is 1.85. The summed E-state index contributed by atoms with van der Waals surface area (Å²) in [6.45, 7) is 5.37. The second kappa shape index (κ2) is 5.93. The number of rotatable bonds is 3. The van der Waals surface area contributed by atoms with Crippen LogP contribution in [0.4, 0.5) is 0 Å². The van der Waals surface area contributed by atoms with Gasteiger partial charge in [-0.1, -0.05) is 12.1 Å². The topological polar surface area (TPSA) is 24.5 Å². The molecule has 1 saturated heterocycles. The molecule has 0 aromatic heterocycles. The Morgan fingerprint density at radius 3 is 3.00 bits per heavy atom. The fourth-order valence-electron chi connectivity index (χ4n) is 3.07. The summed E-state index contributed by atoms with van der Waals surface area (Å²) in [7, 11) is 2.21. The van der Waals surface area contributed by atoms with E-state index < -0.39 is 0 Å². The summed E-state index contributed by atoms with van der Waals surface area (Å²) in [6.07, 6.45) is 3.64. The van der Waals surface area contributed by atoms with Crippen LogP contribution in [0, 0.1) is 5.92 Å². The molecule has 1 N–H and O–H groups in total. The van der Waals surface area contributed by atoms with E-state index in [0.717, 1.165) is 37.8 Å². The van der Waals surface area contributed by atoms with Gasteiger partial charge in [-0.25, -0.2) is 0 Å². The van der Waals surface area contributed by atoms with E-state index in [1.165, 1.54) is 37.1 Å². The summed E-state index contributed by atoms with van der Waals surface area (Å²) in [5, 5.41) is 3.42. The van der Waals surface area contributed by atoms with Crippen molar-refractivity contribution in [3.05, 3.63) is 29.3 Å². The predicted molar refractivity (Wildman–Crippen MR) is 77.6 cm³/mol. The van der Waals surface area contributed by atoms with Crippen LogP contribution < -0.4 is 10.1 Å². The molecule has 1 aromatic rings. The van der Waals surface area contributed by atoms with E-state index in [4.69, 9.17) is 4.74 Å². The number of hydrogen-bond donors (Lipinski definition) is 1. The minimum atomic E-state index is 0.730. The molecule has 0 bridgehead atoms. The first-order valence-electron chi connectivity index (χ1n) is 7.46. The number of likely N-dealkylation sites (tertiary alicyclic amines) is 1. The van der Waals surface area contributed by atoms with Crippen LogP contribution in [0.15, 0.2) is 18.2 Å². The molecule has 3 rings (SSSR count). The summed E-state index contributed by atoms with van der Waals surface area (Å²) in [5.41, 5.74) is 2.83. The Morgan fingerprint density at radius 1 is 1.32 bits per heavy atom. The molecular formula is C16H24N2O. The Hall–Kier alpha value is -1.06. The zero-order valence-electron chi connectivity index (χ0n) is 11.8. The van der Waals surface area contributed by atoms with Gasteiger partial charge in [0.2, 0.25) is 0 Å². The maximum Gasteiger partial charge on any atom is 0.122 e.